The van der Waals surface area contributed by atoms with Crippen LogP contribution in [-0.2, 0) is 22.5 Å². The first kappa shape index (κ1) is 18.5. The standard InChI is InChI=1S/C20H22F2N2O2/c21-17-6-7-19(22)16(11-17)5-8-20(25)24(14-18-4-2-10-26-18)13-15-3-1-9-23-12-15/h1,3,6-7,9,11-12,18H,2,4-5,8,10,13-14H2. The van der Waals surface area contributed by atoms with Gasteiger partial charge in [0.2, 0.25) is 5.91 Å². The van der Waals surface area contributed by atoms with Crippen molar-refractivity contribution < 1.29 is 18.3 Å². The fourth-order valence-corrected chi connectivity index (χ4v) is 3.14. The minimum absolute atomic E-state index is 0.0292. The zero-order chi connectivity index (χ0) is 18.4. The van der Waals surface area contributed by atoms with Crippen molar-refractivity contribution >= 4 is 5.91 Å². The van der Waals surface area contributed by atoms with Crippen LogP contribution in [-0.4, -0.2) is 35.0 Å². The maximum absolute atomic E-state index is 13.8. The molecule has 0 N–H and O–H groups in total. The Kier molecular flexibility index (Phi) is 6.28. The quantitative estimate of drug-likeness (QED) is 0.759. The van der Waals surface area contributed by atoms with Crippen LogP contribution in [0.5, 0.6) is 0 Å². The summed E-state index contributed by atoms with van der Waals surface area (Å²) in [6.07, 6.45) is 5.64. The summed E-state index contributed by atoms with van der Waals surface area (Å²) >= 11 is 0. The SMILES string of the molecule is O=C(CCc1cc(F)ccc1F)N(Cc1cccnc1)CC1CCCO1. The Bertz CT molecular complexity index is 734. The summed E-state index contributed by atoms with van der Waals surface area (Å²) in [6, 6.07) is 7.05. The van der Waals surface area contributed by atoms with Gasteiger partial charge in [-0.1, -0.05) is 6.07 Å². The summed E-state index contributed by atoms with van der Waals surface area (Å²) in [5, 5.41) is 0. The molecule has 0 radical (unpaired) electrons. The average molecular weight is 360 g/mol. The van der Waals surface area contributed by atoms with Crippen molar-refractivity contribution in [2.75, 3.05) is 13.2 Å². The van der Waals surface area contributed by atoms with Crippen LogP contribution in [0.4, 0.5) is 8.78 Å². The van der Waals surface area contributed by atoms with E-state index in [1.165, 1.54) is 0 Å². The lowest BCUT2D eigenvalue weighted by Crippen LogP contribution is -2.37. The molecule has 0 spiro atoms. The maximum Gasteiger partial charge on any atom is 0.223 e. The molecule has 1 aromatic carbocycles. The molecule has 1 fully saturated rings. The maximum atomic E-state index is 13.8. The van der Waals surface area contributed by atoms with Gasteiger partial charge in [0.15, 0.2) is 0 Å². The first-order chi connectivity index (χ1) is 12.6. The smallest absolute Gasteiger partial charge is 0.223 e. The van der Waals surface area contributed by atoms with Crippen molar-refractivity contribution in [3.8, 4) is 0 Å². The van der Waals surface area contributed by atoms with Crippen LogP contribution in [0.1, 0.15) is 30.4 Å². The lowest BCUT2D eigenvalue weighted by molar-refractivity contribution is -0.133. The second-order valence-corrected chi connectivity index (χ2v) is 6.51. The molecule has 26 heavy (non-hydrogen) atoms. The Morgan fingerprint density at radius 1 is 1.31 bits per heavy atom. The van der Waals surface area contributed by atoms with Gasteiger partial charge in [-0.2, -0.15) is 0 Å². The Morgan fingerprint density at radius 3 is 2.92 bits per heavy atom. The summed E-state index contributed by atoms with van der Waals surface area (Å²) in [5.74, 6) is -1.09. The van der Waals surface area contributed by atoms with Crippen LogP contribution in [0.3, 0.4) is 0 Å². The van der Waals surface area contributed by atoms with Crippen LogP contribution >= 0.6 is 0 Å². The van der Waals surface area contributed by atoms with Crippen molar-refractivity contribution in [3.05, 3.63) is 65.5 Å². The molecule has 1 aromatic heterocycles. The summed E-state index contributed by atoms with van der Waals surface area (Å²) in [7, 11) is 0. The van der Waals surface area contributed by atoms with Crippen LogP contribution in [0.15, 0.2) is 42.7 Å². The van der Waals surface area contributed by atoms with E-state index >= 15 is 0 Å². The van der Waals surface area contributed by atoms with E-state index in [0.29, 0.717) is 19.7 Å². The molecule has 1 unspecified atom stereocenters. The van der Waals surface area contributed by atoms with Gasteiger partial charge in [0, 0.05) is 38.5 Å². The molecule has 4 nitrogen and oxygen atoms in total. The van der Waals surface area contributed by atoms with Crippen molar-refractivity contribution in [2.24, 2.45) is 0 Å². The highest BCUT2D eigenvalue weighted by atomic mass is 19.1. The Balaban J connectivity index is 1.66. The number of hydrogen-bond acceptors (Lipinski definition) is 3. The summed E-state index contributed by atoms with van der Waals surface area (Å²) < 4.78 is 32.7. The van der Waals surface area contributed by atoms with Crippen LogP contribution in [0.25, 0.3) is 0 Å². The van der Waals surface area contributed by atoms with Crippen molar-refractivity contribution in [3.63, 3.8) is 0 Å². The fraction of sp³-hybridized carbons (Fsp3) is 0.400. The molecule has 1 aliphatic heterocycles. The van der Waals surface area contributed by atoms with Crippen molar-refractivity contribution in [1.82, 2.24) is 9.88 Å². The Morgan fingerprint density at radius 2 is 2.19 bits per heavy atom. The van der Waals surface area contributed by atoms with Gasteiger partial charge in [-0.3, -0.25) is 9.78 Å². The zero-order valence-electron chi connectivity index (χ0n) is 14.5. The third-order valence-electron chi connectivity index (χ3n) is 4.51. The van der Waals surface area contributed by atoms with E-state index in [9.17, 15) is 13.6 Å². The van der Waals surface area contributed by atoms with E-state index in [1.54, 1.807) is 17.3 Å². The highest BCUT2D eigenvalue weighted by Crippen LogP contribution is 2.17. The normalized spacial score (nSPS) is 16.6. The number of ether oxygens (including phenoxy) is 1. The minimum atomic E-state index is -0.500. The molecule has 1 saturated heterocycles. The van der Waals surface area contributed by atoms with Crippen LogP contribution < -0.4 is 0 Å². The van der Waals surface area contributed by atoms with Crippen LogP contribution in [0.2, 0.25) is 0 Å². The Hall–Kier alpha value is -2.34. The minimum Gasteiger partial charge on any atom is -0.376 e. The monoisotopic (exact) mass is 360 g/mol. The molecule has 1 amide bonds. The number of nitrogens with zero attached hydrogens (tertiary/aromatic N) is 2. The molecule has 6 heteroatoms. The third kappa shape index (κ3) is 5.08. The number of benzene rings is 1. The molecule has 0 aliphatic carbocycles. The van der Waals surface area contributed by atoms with Crippen molar-refractivity contribution in [1.29, 1.82) is 0 Å². The second kappa shape index (κ2) is 8.85. The summed E-state index contributed by atoms with van der Waals surface area (Å²) in [4.78, 5) is 18.5. The highest BCUT2D eigenvalue weighted by molar-refractivity contribution is 5.76. The molecule has 0 bridgehead atoms. The predicted octanol–water partition coefficient (Wildman–Crippen LogP) is 3.50. The number of carbonyl (C=O) groups is 1. The van der Waals surface area contributed by atoms with Gasteiger partial charge in [-0.25, -0.2) is 8.78 Å². The average Bonchev–Trinajstić information content (AvgIpc) is 3.15. The van der Waals surface area contributed by atoms with Gasteiger partial charge in [0.05, 0.1) is 6.10 Å². The van der Waals surface area contributed by atoms with Gasteiger partial charge in [0.1, 0.15) is 11.6 Å². The van der Waals surface area contributed by atoms with E-state index in [4.69, 9.17) is 4.74 Å². The lowest BCUT2D eigenvalue weighted by atomic mass is 10.1. The van der Waals surface area contributed by atoms with Gasteiger partial charge < -0.3 is 9.64 Å². The number of rotatable bonds is 7. The largest absolute Gasteiger partial charge is 0.376 e. The first-order valence-electron chi connectivity index (χ1n) is 8.84. The number of amides is 1. The lowest BCUT2D eigenvalue weighted by Gasteiger charge is -2.25. The van der Waals surface area contributed by atoms with E-state index in [0.717, 1.165) is 36.6 Å². The van der Waals surface area contributed by atoms with E-state index in [-0.39, 0.29) is 30.4 Å². The molecule has 1 atom stereocenters. The number of pyridine rings is 1. The summed E-state index contributed by atoms with van der Waals surface area (Å²) in [6.45, 7) is 1.64. The van der Waals surface area contributed by atoms with Gasteiger partial charge in [-0.15, -0.1) is 0 Å². The molecule has 0 saturated carbocycles. The Labute approximate surface area is 151 Å². The molecule has 2 heterocycles. The second-order valence-electron chi connectivity index (χ2n) is 6.51. The highest BCUT2D eigenvalue weighted by Gasteiger charge is 2.23. The zero-order valence-corrected chi connectivity index (χ0v) is 14.5. The number of carbonyl (C=O) groups excluding carboxylic acids is 1. The molecule has 3 rings (SSSR count). The third-order valence-corrected chi connectivity index (χ3v) is 4.51. The number of hydrogen-bond donors (Lipinski definition) is 0. The molecular weight excluding hydrogens is 338 g/mol. The first-order valence-corrected chi connectivity index (χ1v) is 8.84. The molecule has 2 aromatic rings. The van der Waals surface area contributed by atoms with Gasteiger partial charge in [-0.05, 0) is 54.7 Å². The van der Waals surface area contributed by atoms with E-state index in [2.05, 4.69) is 4.98 Å². The molecule has 1 aliphatic rings. The van der Waals surface area contributed by atoms with E-state index < -0.39 is 11.6 Å². The van der Waals surface area contributed by atoms with Gasteiger partial charge >= 0.3 is 0 Å². The predicted molar refractivity (Wildman–Crippen MR) is 93.3 cm³/mol. The van der Waals surface area contributed by atoms with E-state index in [1.807, 2.05) is 12.1 Å². The molecular formula is C20H22F2N2O2. The van der Waals surface area contributed by atoms with Crippen molar-refractivity contribution in [2.45, 2.75) is 38.3 Å². The molecule has 138 valence electrons. The number of aromatic nitrogens is 1. The van der Waals surface area contributed by atoms with Crippen LogP contribution in [0, 0.1) is 11.6 Å². The topological polar surface area (TPSA) is 42.4 Å². The number of halogens is 2. The summed E-state index contributed by atoms with van der Waals surface area (Å²) in [5.41, 5.74) is 1.15. The number of aryl methyl sites for hydroxylation is 1. The van der Waals surface area contributed by atoms with Gasteiger partial charge in [0.25, 0.3) is 0 Å². The fourth-order valence-electron chi connectivity index (χ4n) is 3.14.